The van der Waals surface area contributed by atoms with E-state index in [4.69, 9.17) is 4.74 Å². The number of hydrogen-bond donors (Lipinski definition) is 1. The van der Waals surface area contributed by atoms with Crippen molar-refractivity contribution in [3.63, 3.8) is 0 Å². The Labute approximate surface area is 171 Å². The zero-order valence-corrected chi connectivity index (χ0v) is 17.5. The molecule has 1 spiro atoms. The molecule has 3 unspecified atom stereocenters. The topological polar surface area (TPSA) is 66.6 Å². The van der Waals surface area contributed by atoms with E-state index < -0.39 is 22.7 Å². The number of ether oxygens (including phenoxy) is 1. The van der Waals surface area contributed by atoms with Crippen molar-refractivity contribution in [1.29, 1.82) is 0 Å². The summed E-state index contributed by atoms with van der Waals surface area (Å²) >= 11 is 0. The van der Waals surface area contributed by atoms with Gasteiger partial charge in [0, 0.05) is 11.6 Å². The molecule has 5 nitrogen and oxygen atoms in total. The smallest absolute Gasteiger partial charge is 0.334 e. The Morgan fingerprint density at radius 2 is 1.86 bits per heavy atom. The van der Waals surface area contributed by atoms with Crippen LogP contribution in [0.3, 0.4) is 0 Å². The van der Waals surface area contributed by atoms with E-state index in [0.717, 1.165) is 18.5 Å². The van der Waals surface area contributed by atoms with Crippen LogP contribution in [-0.4, -0.2) is 40.6 Å². The summed E-state index contributed by atoms with van der Waals surface area (Å²) in [5.41, 5.74) is -0.822. The molecule has 0 bridgehead atoms. The Morgan fingerprint density at radius 3 is 2.52 bits per heavy atom. The van der Waals surface area contributed by atoms with E-state index in [1.807, 2.05) is 6.92 Å². The molecule has 1 saturated carbocycles. The summed E-state index contributed by atoms with van der Waals surface area (Å²) < 4.78 is 5.94. The maximum absolute atomic E-state index is 13.1. The highest BCUT2D eigenvalue weighted by Crippen LogP contribution is 2.62. The van der Waals surface area contributed by atoms with Crippen molar-refractivity contribution in [3.8, 4) is 0 Å². The molecule has 0 radical (unpaired) electrons. The number of fused-ring (bicyclic) bond motifs is 4. The lowest BCUT2D eigenvalue weighted by Crippen LogP contribution is -2.57. The van der Waals surface area contributed by atoms with E-state index in [2.05, 4.69) is 43.0 Å². The molecule has 1 aromatic rings. The molecular formula is C24H29NO4. The molecule has 2 saturated heterocycles. The minimum Gasteiger partial charge on any atom is -0.459 e. The van der Waals surface area contributed by atoms with E-state index in [-0.39, 0.29) is 23.6 Å². The van der Waals surface area contributed by atoms with Gasteiger partial charge in [0.25, 0.3) is 0 Å². The maximum atomic E-state index is 13.1. The van der Waals surface area contributed by atoms with Crippen LogP contribution in [0.4, 0.5) is 5.69 Å². The maximum Gasteiger partial charge on any atom is 0.334 e. The van der Waals surface area contributed by atoms with Crippen molar-refractivity contribution >= 4 is 17.4 Å². The van der Waals surface area contributed by atoms with Gasteiger partial charge in [-0.25, -0.2) is 4.79 Å². The summed E-state index contributed by atoms with van der Waals surface area (Å²) in [6.07, 6.45) is 4.02. The number of carbonyl (C=O) groups excluding carboxylic acids is 2. The van der Waals surface area contributed by atoms with Crippen LogP contribution in [0.5, 0.6) is 0 Å². The Kier molecular flexibility index (Phi) is 3.72. The Hall–Kier alpha value is -2.14. The number of allylic oxidation sites excluding steroid dienone is 1. The standard InChI is InChI=1S/C24H29NO4/c1-14(2)16-6-8-17(9-7-16)25-13-23(25)18-10-5-15(3)24(28)12-11-19(26)22(24,4)20(18)29-21(23)27/h6-9,11-12,14-15,18,20,28H,5,10,13H2,1-4H3/t15-,18?,20?,22-,23?,24+,25?/m0/s1. The van der Waals surface area contributed by atoms with Crippen LogP contribution in [-0.2, 0) is 14.3 Å². The first-order chi connectivity index (χ1) is 13.7. The molecule has 154 valence electrons. The first-order valence-electron chi connectivity index (χ1n) is 10.7. The average Bonchev–Trinajstić information content (AvgIpc) is 3.34. The van der Waals surface area contributed by atoms with Gasteiger partial charge in [0.2, 0.25) is 0 Å². The zero-order chi connectivity index (χ0) is 20.8. The van der Waals surface area contributed by atoms with Crippen LogP contribution in [0.15, 0.2) is 36.4 Å². The highest BCUT2D eigenvalue weighted by molar-refractivity contribution is 6.02. The second-order valence-electron chi connectivity index (χ2n) is 9.89. The second-order valence-corrected chi connectivity index (χ2v) is 9.89. The summed E-state index contributed by atoms with van der Waals surface area (Å²) in [5.74, 6) is -0.116. The minimum absolute atomic E-state index is 0.0749. The third-order valence-electron chi connectivity index (χ3n) is 8.28. The monoisotopic (exact) mass is 395 g/mol. The predicted octanol–water partition coefficient (Wildman–Crippen LogP) is 3.22. The molecule has 29 heavy (non-hydrogen) atoms. The van der Waals surface area contributed by atoms with Crippen LogP contribution < -0.4 is 4.90 Å². The summed E-state index contributed by atoms with van der Waals surface area (Å²) in [6, 6.07) is 8.38. The first kappa shape index (κ1) is 18.9. The molecule has 6 atom stereocenters. The number of rotatable bonds is 2. The number of hydrogen-bond acceptors (Lipinski definition) is 5. The number of benzene rings is 1. The highest BCUT2D eigenvalue weighted by Gasteiger charge is 2.77. The summed E-state index contributed by atoms with van der Waals surface area (Å²) in [5, 5.41) is 11.5. The molecule has 2 aliphatic heterocycles. The van der Waals surface area contributed by atoms with E-state index >= 15 is 0 Å². The molecule has 0 aromatic heterocycles. The van der Waals surface area contributed by atoms with Crippen molar-refractivity contribution in [2.24, 2.45) is 17.3 Å². The quantitative estimate of drug-likeness (QED) is 0.615. The predicted molar refractivity (Wildman–Crippen MR) is 110 cm³/mol. The molecule has 1 aromatic carbocycles. The van der Waals surface area contributed by atoms with Crippen molar-refractivity contribution in [3.05, 3.63) is 42.0 Å². The van der Waals surface area contributed by atoms with Gasteiger partial charge in [0.05, 0.1) is 12.0 Å². The summed E-state index contributed by atoms with van der Waals surface area (Å²) in [7, 11) is 0. The first-order valence-corrected chi connectivity index (χ1v) is 10.7. The van der Waals surface area contributed by atoms with Gasteiger partial charge < -0.3 is 14.7 Å². The Bertz CT molecular complexity index is 921. The lowest BCUT2D eigenvalue weighted by molar-refractivity contribution is -0.166. The molecule has 5 rings (SSSR count). The fourth-order valence-electron chi connectivity index (χ4n) is 6.11. The molecule has 5 heteroatoms. The number of aliphatic hydroxyl groups is 1. The van der Waals surface area contributed by atoms with E-state index in [0.29, 0.717) is 12.5 Å². The molecule has 4 aliphatic rings. The van der Waals surface area contributed by atoms with Gasteiger partial charge in [-0.2, -0.15) is 0 Å². The zero-order valence-electron chi connectivity index (χ0n) is 17.5. The van der Waals surface area contributed by atoms with Crippen molar-refractivity contribution in [1.82, 2.24) is 0 Å². The molecule has 0 amide bonds. The SMILES string of the molecule is CC(C)c1ccc(N2CC23C(=O)OC2C3CC[C@H](C)[C@]3(O)C=CC(=O)[C@@]23C)cc1. The number of carbonyl (C=O) groups is 2. The largest absolute Gasteiger partial charge is 0.459 e. The van der Waals surface area contributed by atoms with Gasteiger partial charge in [-0.05, 0) is 61.4 Å². The van der Waals surface area contributed by atoms with Crippen LogP contribution >= 0.6 is 0 Å². The van der Waals surface area contributed by atoms with Gasteiger partial charge in [-0.1, -0.05) is 32.9 Å². The van der Waals surface area contributed by atoms with E-state index in [1.54, 1.807) is 13.0 Å². The van der Waals surface area contributed by atoms with Crippen LogP contribution in [0.25, 0.3) is 0 Å². The van der Waals surface area contributed by atoms with Crippen LogP contribution in [0.2, 0.25) is 0 Å². The van der Waals surface area contributed by atoms with Gasteiger partial charge in [0.15, 0.2) is 11.3 Å². The fourth-order valence-corrected chi connectivity index (χ4v) is 6.11. The van der Waals surface area contributed by atoms with Crippen LogP contribution in [0, 0.1) is 17.3 Å². The van der Waals surface area contributed by atoms with Gasteiger partial charge >= 0.3 is 5.97 Å². The number of esters is 1. The Balaban J connectivity index is 1.52. The molecule has 2 aliphatic carbocycles. The fraction of sp³-hybridized carbons (Fsp3) is 0.583. The number of nitrogens with zero attached hydrogens (tertiary/aromatic N) is 1. The lowest BCUT2D eigenvalue weighted by Gasteiger charge is -2.43. The van der Waals surface area contributed by atoms with Crippen molar-refractivity contribution in [2.45, 2.75) is 63.7 Å². The summed E-state index contributed by atoms with van der Waals surface area (Å²) in [4.78, 5) is 28.2. The van der Waals surface area contributed by atoms with E-state index in [1.165, 1.54) is 11.6 Å². The van der Waals surface area contributed by atoms with Crippen LogP contribution in [0.1, 0.15) is 52.0 Å². The lowest BCUT2D eigenvalue weighted by atomic mass is 9.64. The Morgan fingerprint density at radius 1 is 1.17 bits per heavy atom. The molecular weight excluding hydrogens is 366 g/mol. The number of ketones is 1. The highest BCUT2D eigenvalue weighted by atomic mass is 16.6. The minimum atomic E-state index is -1.27. The third kappa shape index (κ3) is 2.14. The molecule has 1 N–H and O–H groups in total. The van der Waals surface area contributed by atoms with Gasteiger partial charge in [-0.15, -0.1) is 0 Å². The normalized spacial score (nSPS) is 42.8. The van der Waals surface area contributed by atoms with Crippen molar-refractivity contribution in [2.75, 3.05) is 11.4 Å². The molecule has 3 fully saturated rings. The molecule has 2 heterocycles. The average molecular weight is 395 g/mol. The van der Waals surface area contributed by atoms with Gasteiger partial charge in [0.1, 0.15) is 11.7 Å². The summed E-state index contributed by atoms with van der Waals surface area (Å²) in [6.45, 7) is 8.71. The second kappa shape index (κ2) is 5.72. The van der Waals surface area contributed by atoms with Gasteiger partial charge in [-0.3, -0.25) is 4.79 Å². The van der Waals surface area contributed by atoms with E-state index in [9.17, 15) is 14.7 Å². The van der Waals surface area contributed by atoms with Crippen molar-refractivity contribution < 1.29 is 19.4 Å². The third-order valence-corrected chi connectivity index (χ3v) is 8.28. The number of anilines is 1.